The summed E-state index contributed by atoms with van der Waals surface area (Å²) >= 11 is 0. The average Bonchev–Trinajstić information content (AvgIpc) is 2.92. The molecular weight excluding hydrogens is 340 g/mol. The molecule has 27 heavy (non-hydrogen) atoms. The lowest BCUT2D eigenvalue weighted by atomic mass is 9.99. The van der Waals surface area contributed by atoms with Gasteiger partial charge in [-0.15, -0.1) is 0 Å². The number of nitrogens with zero attached hydrogens (tertiary/aromatic N) is 6. The first-order chi connectivity index (χ1) is 13.1. The number of guanidine groups is 1. The fourth-order valence-electron chi connectivity index (χ4n) is 3.78. The molecule has 0 aromatic heterocycles. The summed E-state index contributed by atoms with van der Waals surface area (Å²) in [5.41, 5.74) is 1.14. The van der Waals surface area contributed by atoms with Crippen LogP contribution in [0.25, 0.3) is 0 Å². The zero-order valence-corrected chi connectivity index (χ0v) is 16.7. The first kappa shape index (κ1) is 18.2. The van der Waals surface area contributed by atoms with Gasteiger partial charge in [-0.3, -0.25) is 5.01 Å². The summed E-state index contributed by atoms with van der Waals surface area (Å²) in [5, 5.41) is 13.6. The second kappa shape index (κ2) is 7.42. The third kappa shape index (κ3) is 3.50. The van der Waals surface area contributed by atoms with Crippen molar-refractivity contribution in [1.29, 1.82) is 0 Å². The standard InChI is InChI=1S/C19H30N8/c1-5-6-14-16-17(27(4)25-14)18(22-15-8-7-12(2)9-21-15)24-19(23-16)26(3)13-10-20-11-13/h8-9,12-13,16-17,20H,5-7,10-11H2,1-4H3,(H,22,23,24). The summed E-state index contributed by atoms with van der Waals surface area (Å²) in [6.45, 7) is 6.31. The highest BCUT2D eigenvalue weighted by atomic mass is 15.5. The molecule has 4 aliphatic rings. The van der Waals surface area contributed by atoms with Crippen LogP contribution in [0.4, 0.5) is 0 Å². The van der Waals surface area contributed by atoms with Crippen LogP contribution in [0.5, 0.6) is 0 Å². The van der Waals surface area contributed by atoms with Crippen LogP contribution in [0.3, 0.4) is 0 Å². The van der Waals surface area contributed by atoms with E-state index < -0.39 is 0 Å². The molecule has 2 N–H and O–H groups in total. The van der Waals surface area contributed by atoms with E-state index in [9.17, 15) is 0 Å². The molecule has 0 bridgehead atoms. The maximum atomic E-state index is 5.01. The first-order valence-electron chi connectivity index (χ1n) is 9.98. The molecule has 0 aromatic rings. The Labute approximate surface area is 161 Å². The summed E-state index contributed by atoms with van der Waals surface area (Å²) in [7, 11) is 4.10. The van der Waals surface area contributed by atoms with Crippen molar-refractivity contribution in [2.75, 3.05) is 27.2 Å². The van der Waals surface area contributed by atoms with Gasteiger partial charge >= 0.3 is 0 Å². The van der Waals surface area contributed by atoms with Crippen molar-refractivity contribution in [3.05, 3.63) is 11.9 Å². The molecule has 0 aromatic carbocycles. The number of aliphatic imine (C=N–C) groups is 3. The largest absolute Gasteiger partial charge is 0.339 e. The topological polar surface area (TPSA) is 80.0 Å². The van der Waals surface area contributed by atoms with Gasteiger partial charge in [-0.25, -0.2) is 9.98 Å². The summed E-state index contributed by atoms with van der Waals surface area (Å²) < 4.78 is 0. The minimum absolute atomic E-state index is 0.0127. The van der Waals surface area contributed by atoms with Gasteiger partial charge in [0.1, 0.15) is 23.7 Å². The molecule has 1 fully saturated rings. The van der Waals surface area contributed by atoms with E-state index in [-0.39, 0.29) is 12.1 Å². The molecule has 1 saturated heterocycles. The molecule has 0 amide bonds. The zero-order chi connectivity index (χ0) is 19.0. The van der Waals surface area contributed by atoms with Crippen molar-refractivity contribution in [1.82, 2.24) is 20.5 Å². The number of hydrogen-bond acceptors (Lipinski definition) is 8. The second-order valence-corrected chi connectivity index (χ2v) is 7.86. The first-order valence-corrected chi connectivity index (χ1v) is 9.98. The number of rotatable bonds is 4. The Kier molecular flexibility index (Phi) is 4.99. The minimum atomic E-state index is 0.0127. The van der Waals surface area contributed by atoms with Crippen molar-refractivity contribution in [3.8, 4) is 0 Å². The van der Waals surface area contributed by atoms with Gasteiger partial charge in [0.15, 0.2) is 0 Å². The predicted molar refractivity (Wildman–Crippen MR) is 110 cm³/mol. The lowest BCUT2D eigenvalue weighted by Gasteiger charge is -2.38. The molecule has 8 nitrogen and oxygen atoms in total. The number of hydrazone groups is 1. The maximum absolute atomic E-state index is 5.01. The Hall–Kier alpha value is -2.22. The lowest BCUT2D eigenvalue weighted by molar-refractivity contribution is 0.260. The third-order valence-corrected chi connectivity index (χ3v) is 5.62. The van der Waals surface area contributed by atoms with Crippen LogP contribution < -0.4 is 10.6 Å². The monoisotopic (exact) mass is 370 g/mol. The van der Waals surface area contributed by atoms with Crippen molar-refractivity contribution in [2.24, 2.45) is 26.0 Å². The highest BCUT2D eigenvalue weighted by Gasteiger charge is 2.42. The van der Waals surface area contributed by atoms with Gasteiger partial charge in [-0.05, 0) is 24.8 Å². The Balaban J connectivity index is 1.62. The van der Waals surface area contributed by atoms with Crippen LogP contribution in [-0.2, 0) is 0 Å². The van der Waals surface area contributed by atoms with Crippen molar-refractivity contribution in [3.63, 3.8) is 0 Å². The fraction of sp³-hybridized carbons (Fsp3) is 0.684. The number of fused-ring (bicyclic) bond motifs is 1. The molecule has 8 heteroatoms. The van der Waals surface area contributed by atoms with Gasteiger partial charge in [0, 0.05) is 33.4 Å². The maximum Gasteiger partial charge on any atom is 0.223 e. The van der Waals surface area contributed by atoms with E-state index in [0.717, 1.165) is 55.7 Å². The zero-order valence-electron chi connectivity index (χ0n) is 16.7. The smallest absolute Gasteiger partial charge is 0.223 e. The van der Waals surface area contributed by atoms with Gasteiger partial charge in [0.05, 0.1) is 11.8 Å². The number of likely N-dealkylation sites (N-methyl/N-ethyl adjacent to an activating group) is 2. The van der Waals surface area contributed by atoms with E-state index in [1.54, 1.807) is 0 Å². The van der Waals surface area contributed by atoms with E-state index in [1.807, 2.05) is 18.3 Å². The molecule has 4 aliphatic heterocycles. The molecule has 4 rings (SSSR count). The van der Waals surface area contributed by atoms with Gasteiger partial charge in [0.25, 0.3) is 0 Å². The van der Waals surface area contributed by atoms with Gasteiger partial charge in [0.2, 0.25) is 5.96 Å². The van der Waals surface area contributed by atoms with Gasteiger partial charge < -0.3 is 15.5 Å². The number of allylic oxidation sites excluding steroid dienone is 1. The average molecular weight is 371 g/mol. The molecule has 3 unspecified atom stereocenters. The predicted octanol–water partition coefficient (Wildman–Crippen LogP) is 1.04. The summed E-state index contributed by atoms with van der Waals surface area (Å²) in [4.78, 5) is 16.7. The van der Waals surface area contributed by atoms with E-state index in [2.05, 4.69) is 47.5 Å². The van der Waals surface area contributed by atoms with Crippen LogP contribution in [0.1, 0.15) is 33.1 Å². The van der Waals surface area contributed by atoms with E-state index in [0.29, 0.717) is 12.0 Å². The highest BCUT2D eigenvalue weighted by molar-refractivity contribution is 6.09. The van der Waals surface area contributed by atoms with E-state index in [1.165, 1.54) is 0 Å². The SMILES string of the molecule is CCCC1=NN(C)C2C(NC3=CCC(C)C=N3)=NC(N(C)C3CNC3)=NC12. The van der Waals surface area contributed by atoms with Crippen LogP contribution in [-0.4, -0.2) is 78.9 Å². The van der Waals surface area contributed by atoms with Crippen molar-refractivity contribution in [2.45, 2.75) is 51.2 Å². The number of hydrogen-bond donors (Lipinski definition) is 2. The molecule has 0 saturated carbocycles. The van der Waals surface area contributed by atoms with E-state index in [4.69, 9.17) is 15.1 Å². The number of amidine groups is 1. The molecule has 0 aliphatic carbocycles. The van der Waals surface area contributed by atoms with Crippen LogP contribution in [0.15, 0.2) is 32.0 Å². The van der Waals surface area contributed by atoms with Crippen molar-refractivity contribution < 1.29 is 0 Å². The van der Waals surface area contributed by atoms with Crippen LogP contribution in [0.2, 0.25) is 0 Å². The molecular formula is C19H30N8. The highest BCUT2D eigenvalue weighted by Crippen LogP contribution is 2.26. The second-order valence-electron chi connectivity index (χ2n) is 7.86. The Morgan fingerprint density at radius 2 is 2.19 bits per heavy atom. The Bertz CT molecular complexity index is 730. The quantitative estimate of drug-likeness (QED) is 0.775. The summed E-state index contributed by atoms with van der Waals surface area (Å²) in [6, 6.07) is 0.481. The minimum Gasteiger partial charge on any atom is -0.339 e. The fourth-order valence-corrected chi connectivity index (χ4v) is 3.78. The normalized spacial score (nSPS) is 30.1. The Morgan fingerprint density at radius 3 is 2.81 bits per heavy atom. The van der Waals surface area contributed by atoms with Gasteiger partial charge in [-0.2, -0.15) is 10.1 Å². The molecule has 3 atom stereocenters. The van der Waals surface area contributed by atoms with Crippen LogP contribution in [0, 0.1) is 5.92 Å². The van der Waals surface area contributed by atoms with Gasteiger partial charge in [-0.1, -0.05) is 20.3 Å². The summed E-state index contributed by atoms with van der Waals surface area (Å²) in [5.74, 6) is 3.04. The third-order valence-electron chi connectivity index (χ3n) is 5.62. The summed E-state index contributed by atoms with van der Waals surface area (Å²) in [6.07, 6.45) is 7.17. The van der Waals surface area contributed by atoms with E-state index >= 15 is 0 Å². The lowest BCUT2D eigenvalue weighted by Crippen LogP contribution is -2.59. The van der Waals surface area contributed by atoms with Crippen LogP contribution >= 0.6 is 0 Å². The molecule has 146 valence electrons. The van der Waals surface area contributed by atoms with Crippen molar-refractivity contribution >= 4 is 23.7 Å². The molecule has 0 radical (unpaired) electrons. The number of nitrogens with one attached hydrogen (secondary N) is 2. The molecule has 4 heterocycles. The Morgan fingerprint density at radius 1 is 1.37 bits per heavy atom. The molecule has 0 spiro atoms.